The van der Waals surface area contributed by atoms with Crippen LogP contribution < -0.4 is 4.72 Å². The zero-order chi connectivity index (χ0) is 16.8. The summed E-state index contributed by atoms with van der Waals surface area (Å²) in [7, 11) is -3.20. The third-order valence-corrected chi connectivity index (χ3v) is 7.97. The van der Waals surface area contributed by atoms with Gasteiger partial charge in [-0.25, -0.2) is 13.2 Å². The van der Waals surface area contributed by atoms with Gasteiger partial charge in [-0.3, -0.25) is 0 Å². The molecule has 128 valence electrons. The van der Waals surface area contributed by atoms with Gasteiger partial charge in [0.15, 0.2) is 9.84 Å². The topological polar surface area (TPSA) is 110 Å². The molecule has 2 heterocycles. The summed E-state index contributed by atoms with van der Waals surface area (Å²) in [5, 5.41) is 9.03. The fourth-order valence-corrected chi connectivity index (χ4v) is 6.61. The van der Waals surface area contributed by atoms with Gasteiger partial charge in [0.25, 0.3) is 0 Å². The van der Waals surface area contributed by atoms with Crippen LogP contribution in [-0.4, -0.2) is 64.5 Å². The molecule has 0 aromatic carbocycles. The summed E-state index contributed by atoms with van der Waals surface area (Å²) < 4.78 is 39.0. The second-order valence-corrected chi connectivity index (χ2v) is 11.3. The predicted molar refractivity (Wildman–Crippen MR) is 84.7 cm³/mol. The molecule has 2 rings (SSSR count). The Labute approximate surface area is 134 Å². The van der Waals surface area contributed by atoms with Gasteiger partial charge in [0.2, 0.25) is 0 Å². The lowest BCUT2D eigenvalue weighted by Crippen LogP contribution is -2.55. The van der Waals surface area contributed by atoms with Crippen LogP contribution in [0, 0.1) is 5.41 Å². The van der Waals surface area contributed by atoms with Crippen LogP contribution in [0.2, 0.25) is 0 Å². The lowest BCUT2D eigenvalue weighted by atomic mass is 9.75. The molecule has 0 aromatic heterocycles. The highest BCUT2D eigenvalue weighted by molar-refractivity contribution is 7.92. The largest absolute Gasteiger partial charge is 0.598 e. The summed E-state index contributed by atoms with van der Waals surface area (Å²) in [5.41, 5.74) is -0.508. The van der Waals surface area contributed by atoms with Crippen LogP contribution in [0.4, 0.5) is 4.79 Å². The van der Waals surface area contributed by atoms with Crippen LogP contribution in [0.5, 0.6) is 0 Å². The summed E-state index contributed by atoms with van der Waals surface area (Å²) in [4.78, 5) is 12.3. The van der Waals surface area contributed by atoms with E-state index in [1.54, 1.807) is 0 Å². The maximum Gasteiger partial charge on any atom is 0.407 e. The number of hydrogen-bond acceptors (Lipinski definition) is 5. The molecule has 0 unspecified atom stereocenters. The number of amides is 1. The van der Waals surface area contributed by atoms with Crippen LogP contribution in [0.3, 0.4) is 0 Å². The Morgan fingerprint density at radius 2 is 1.91 bits per heavy atom. The molecule has 0 bridgehead atoms. The maximum absolute atomic E-state index is 12.3. The molecule has 22 heavy (non-hydrogen) atoms. The van der Waals surface area contributed by atoms with Crippen LogP contribution in [0.25, 0.3) is 0 Å². The number of sulfone groups is 1. The molecule has 0 radical (unpaired) electrons. The van der Waals surface area contributed by atoms with Gasteiger partial charge in [-0.1, -0.05) is 0 Å². The molecule has 2 fully saturated rings. The molecule has 1 amide bonds. The van der Waals surface area contributed by atoms with E-state index in [0.29, 0.717) is 25.9 Å². The van der Waals surface area contributed by atoms with E-state index in [4.69, 9.17) is 5.11 Å². The highest BCUT2D eigenvalue weighted by atomic mass is 32.2. The molecular formula is C13H24N2O5S2. The molecule has 0 saturated carbocycles. The molecule has 2 N–H and O–H groups in total. The normalized spacial score (nSPS) is 28.7. The SMILES string of the molecule is CC(C)(C)[S@@+]([O-])N[C@@H]1CS(=O)(=O)CC12CCN(C(=O)O)CC2. The summed E-state index contributed by atoms with van der Waals surface area (Å²) >= 11 is -1.35. The summed E-state index contributed by atoms with van der Waals surface area (Å²) in [5.74, 6) is 0.0222. The average molecular weight is 352 g/mol. The lowest BCUT2D eigenvalue weighted by Gasteiger charge is -2.41. The Morgan fingerprint density at radius 1 is 1.36 bits per heavy atom. The van der Waals surface area contributed by atoms with Crippen LogP contribution in [0.15, 0.2) is 0 Å². The Balaban J connectivity index is 2.16. The van der Waals surface area contributed by atoms with Gasteiger partial charge < -0.3 is 14.6 Å². The molecule has 2 atom stereocenters. The molecule has 0 aliphatic carbocycles. The van der Waals surface area contributed by atoms with Crippen LogP contribution in [0.1, 0.15) is 33.6 Å². The first-order valence-corrected chi connectivity index (χ1v) is 10.3. The summed E-state index contributed by atoms with van der Waals surface area (Å²) in [6, 6.07) is -0.381. The highest BCUT2D eigenvalue weighted by Gasteiger charge is 2.54. The first kappa shape index (κ1) is 17.8. The summed E-state index contributed by atoms with van der Waals surface area (Å²) in [6.45, 7) is 6.15. The van der Waals surface area contributed by atoms with Gasteiger partial charge in [0, 0.05) is 29.9 Å². The van der Waals surface area contributed by atoms with Gasteiger partial charge in [-0.15, -0.1) is 4.72 Å². The zero-order valence-electron chi connectivity index (χ0n) is 13.2. The van der Waals surface area contributed by atoms with Crippen molar-refractivity contribution in [2.45, 2.75) is 44.4 Å². The van der Waals surface area contributed by atoms with Gasteiger partial charge >= 0.3 is 6.09 Å². The minimum absolute atomic E-state index is 0.0259. The maximum atomic E-state index is 12.3. The predicted octanol–water partition coefficient (Wildman–Crippen LogP) is 0.595. The molecular weight excluding hydrogens is 328 g/mol. The average Bonchev–Trinajstić information content (AvgIpc) is 2.59. The fourth-order valence-electron chi connectivity index (χ4n) is 3.13. The molecule has 2 aliphatic heterocycles. The van der Waals surface area contributed by atoms with Crippen molar-refractivity contribution in [1.29, 1.82) is 0 Å². The van der Waals surface area contributed by atoms with Crippen LogP contribution >= 0.6 is 0 Å². The monoisotopic (exact) mass is 352 g/mol. The minimum atomic E-state index is -3.20. The van der Waals surface area contributed by atoms with E-state index in [1.807, 2.05) is 20.8 Å². The van der Waals surface area contributed by atoms with E-state index < -0.39 is 37.5 Å². The Kier molecular flexibility index (Phi) is 4.74. The van der Waals surface area contributed by atoms with Gasteiger partial charge in [-0.2, -0.15) is 0 Å². The second-order valence-electron chi connectivity index (χ2n) is 7.24. The molecule has 0 aromatic rings. The molecule has 2 saturated heterocycles. The van der Waals surface area contributed by atoms with Crippen molar-refractivity contribution >= 4 is 27.3 Å². The second kappa shape index (κ2) is 5.85. The van der Waals surface area contributed by atoms with Crippen molar-refractivity contribution in [2.75, 3.05) is 24.6 Å². The standard InChI is InChI=1S/C13H24N2O5S2/c1-12(2,3)21(18)14-10-8-22(19,20)9-13(10)4-6-15(7-5-13)11(16)17/h10,14H,4-9H2,1-3H3,(H,16,17)/t10-,21-/m1/s1. The van der Waals surface area contributed by atoms with Crippen molar-refractivity contribution < 1.29 is 22.9 Å². The van der Waals surface area contributed by atoms with Crippen molar-refractivity contribution in [3.05, 3.63) is 0 Å². The van der Waals surface area contributed by atoms with Crippen molar-refractivity contribution in [1.82, 2.24) is 9.62 Å². The highest BCUT2D eigenvalue weighted by Crippen LogP contribution is 2.42. The number of rotatable bonds is 2. The minimum Gasteiger partial charge on any atom is -0.598 e. The van der Waals surface area contributed by atoms with E-state index in [1.165, 1.54) is 4.90 Å². The molecule has 7 nitrogen and oxygen atoms in total. The Bertz CT molecular complexity index is 535. The fraction of sp³-hybridized carbons (Fsp3) is 0.923. The number of carbonyl (C=O) groups is 1. The molecule has 1 spiro atoms. The lowest BCUT2D eigenvalue weighted by molar-refractivity contribution is 0.0903. The number of piperidine rings is 1. The van der Waals surface area contributed by atoms with E-state index in [2.05, 4.69) is 4.72 Å². The first-order valence-electron chi connectivity index (χ1n) is 7.32. The van der Waals surface area contributed by atoms with Gasteiger partial charge in [0.05, 0.1) is 17.5 Å². The van der Waals surface area contributed by atoms with Crippen molar-refractivity contribution in [3.63, 3.8) is 0 Å². The first-order chi connectivity index (χ1) is 9.95. The number of nitrogens with zero attached hydrogens (tertiary/aromatic N) is 1. The van der Waals surface area contributed by atoms with E-state index in [0.717, 1.165) is 0 Å². The van der Waals surface area contributed by atoms with Gasteiger partial charge in [0.1, 0.15) is 4.75 Å². The van der Waals surface area contributed by atoms with E-state index in [-0.39, 0.29) is 17.5 Å². The van der Waals surface area contributed by atoms with Gasteiger partial charge in [-0.05, 0) is 33.6 Å². The van der Waals surface area contributed by atoms with E-state index >= 15 is 0 Å². The number of carboxylic acid groups (broad SMARTS) is 1. The number of nitrogens with one attached hydrogen (secondary N) is 1. The Hall–Kier alpha value is -0.510. The van der Waals surface area contributed by atoms with Crippen LogP contribution in [-0.2, 0) is 21.2 Å². The van der Waals surface area contributed by atoms with Crippen molar-refractivity contribution in [2.24, 2.45) is 5.41 Å². The Morgan fingerprint density at radius 3 is 2.36 bits per heavy atom. The number of hydrogen-bond donors (Lipinski definition) is 2. The summed E-state index contributed by atoms with van der Waals surface area (Å²) in [6.07, 6.45) is -0.00629. The zero-order valence-corrected chi connectivity index (χ0v) is 14.8. The third kappa shape index (κ3) is 3.69. The smallest absolute Gasteiger partial charge is 0.407 e. The van der Waals surface area contributed by atoms with E-state index in [9.17, 15) is 17.8 Å². The molecule has 2 aliphatic rings. The number of likely N-dealkylation sites (tertiary alicyclic amines) is 1. The van der Waals surface area contributed by atoms with Crippen molar-refractivity contribution in [3.8, 4) is 0 Å². The third-order valence-electron chi connectivity index (χ3n) is 4.50. The molecule has 9 heteroatoms. The quantitative estimate of drug-likeness (QED) is 0.704.